The maximum atomic E-state index is 14.4. The van der Waals surface area contributed by atoms with Gasteiger partial charge in [0.05, 0.1) is 19.0 Å². The molecule has 1 heterocycles. The van der Waals surface area contributed by atoms with Crippen LogP contribution in [0.2, 0.25) is 0 Å². The molecule has 3 aromatic rings. The SMILES string of the molecule is CNC(=O)Cc1c(C)n(C(=O)c2ccc(C)cc2)c2cc(F)c(OC)cc12. The number of aryl methyl sites for hydroxylation is 1. The van der Waals surface area contributed by atoms with Crippen molar-refractivity contribution in [2.75, 3.05) is 14.2 Å². The summed E-state index contributed by atoms with van der Waals surface area (Å²) >= 11 is 0. The van der Waals surface area contributed by atoms with E-state index >= 15 is 0 Å². The van der Waals surface area contributed by atoms with Gasteiger partial charge in [-0.3, -0.25) is 14.2 Å². The van der Waals surface area contributed by atoms with Crippen molar-refractivity contribution in [3.63, 3.8) is 0 Å². The van der Waals surface area contributed by atoms with Gasteiger partial charge in [-0.1, -0.05) is 17.7 Å². The zero-order valence-corrected chi connectivity index (χ0v) is 15.7. The first-order valence-electron chi connectivity index (χ1n) is 8.56. The van der Waals surface area contributed by atoms with Crippen LogP contribution in [-0.4, -0.2) is 30.5 Å². The third-order valence-corrected chi connectivity index (χ3v) is 4.73. The number of nitrogens with zero attached hydrogens (tertiary/aromatic N) is 1. The highest BCUT2D eigenvalue weighted by Crippen LogP contribution is 2.32. The van der Waals surface area contributed by atoms with Gasteiger partial charge < -0.3 is 10.1 Å². The Hall–Kier alpha value is -3.15. The lowest BCUT2D eigenvalue weighted by Crippen LogP contribution is -2.20. The van der Waals surface area contributed by atoms with Gasteiger partial charge in [-0.05, 0) is 37.6 Å². The molecule has 0 spiro atoms. The van der Waals surface area contributed by atoms with Crippen molar-refractivity contribution in [1.29, 1.82) is 0 Å². The molecular formula is C21H21FN2O3. The van der Waals surface area contributed by atoms with Gasteiger partial charge in [0, 0.05) is 29.8 Å². The number of rotatable bonds is 4. The van der Waals surface area contributed by atoms with Gasteiger partial charge in [-0.2, -0.15) is 0 Å². The summed E-state index contributed by atoms with van der Waals surface area (Å²) in [7, 11) is 2.93. The minimum Gasteiger partial charge on any atom is -0.494 e. The van der Waals surface area contributed by atoms with E-state index in [1.807, 2.05) is 19.1 Å². The van der Waals surface area contributed by atoms with E-state index in [0.717, 1.165) is 5.56 Å². The summed E-state index contributed by atoms with van der Waals surface area (Å²) in [6, 6.07) is 9.99. The number of amides is 1. The Morgan fingerprint density at radius 3 is 2.41 bits per heavy atom. The van der Waals surface area contributed by atoms with E-state index in [9.17, 15) is 14.0 Å². The molecule has 2 aromatic carbocycles. The average Bonchev–Trinajstić information content (AvgIpc) is 2.91. The predicted octanol–water partition coefficient (Wildman–Crippen LogP) is 3.38. The van der Waals surface area contributed by atoms with Gasteiger partial charge >= 0.3 is 0 Å². The van der Waals surface area contributed by atoms with Gasteiger partial charge in [0.25, 0.3) is 5.91 Å². The van der Waals surface area contributed by atoms with Gasteiger partial charge in [0.15, 0.2) is 11.6 Å². The fourth-order valence-corrected chi connectivity index (χ4v) is 3.20. The van der Waals surface area contributed by atoms with Crippen LogP contribution in [0.25, 0.3) is 10.9 Å². The van der Waals surface area contributed by atoms with Crippen molar-refractivity contribution in [2.24, 2.45) is 0 Å². The quantitative estimate of drug-likeness (QED) is 0.768. The highest BCUT2D eigenvalue weighted by Gasteiger charge is 2.23. The molecule has 1 N–H and O–H groups in total. The summed E-state index contributed by atoms with van der Waals surface area (Å²) in [5, 5.41) is 3.20. The van der Waals surface area contributed by atoms with Crippen LogP contribution in [-0.2, 0) is 11.2 Å². The minimum atomic E-state index is -0.563. The monoisotopic (exact) mass is 368 g/mol. The number of carbonyl (C=O) groups is 2. The Kier molecular flexibility index (Phi) is 4.99. The second kappa shape index (κ2) is 7.23. The molecule has 0 radical (unpaired) electrons. The number of hydrogen-bond donors (Lipinski definition) is 1. The predicted molar refractivity (Wildman–Crippen MR) is 102 cm³/mol. The molecule has 0 aliphatic heterocycles. The highest BCUT2D eigenvalue weighted by molar-refractivity contribution is 6.05. The number of benzene rings is 2. The van der Waals surface area contributed by atoms with E-state index in [1.165, 1.54) is 23.8 Å². The van der Waals surface area contributed by atoms with Gasteiger partial charge in [-0.25, -0.2) is 4.39 Å². The number of fused-ring (bicyclic) bond motifs is 1. The molecule has 0 saturated carbocycles. The van der Waals surface area contributed by atoms with Crippen LogP contribution >= 0.6 is 0 Å². The Balaban J connectivity index is 2.26. The van der Waals surface area contributed by atoms with Crippen LogP contribution < -0.4 is 10.1 Å². The molecule has 0 unspecified atom stereocenters. The lowest BCUT2D eigenvalue weighted by atomic mass is 10.1. The van der Waals surface area contributed by atoms with E-state index in [4.69, 9.17) is 4.74 Å². The first kappa shape index (κ1) is 18.6. The van der Waals surface area contributed by atoms with Crippen molar-refractivity contribution in [1.82, 2.24) is 9.88 Å². The maximum absolute atomic E-state index is 14.4. The smallest absolute Gasteiger partial charge is 0.262 e. The zero-order valence-electron chi connectivity index (χ0n) is 15.7. The number of methoxy groups -OCH3 is 1. The summed E-state index contributed by atoms with van der Waals surface area (Å²) in [5.41, 5.74) is 3.21. The number of aromatic nitrogens is 1. The van der Waals surface area contributed by atoms with Crippen molar-refractivity contribution in [2.45, 2.75) is 20.3 Å². The number of carbonyl (C=O) groups excluding carboxylic acids is 2. The lowest BCUT2D eigenvalue weighted by Gasteiger charge is -2.08. The van der Waals surface area contributed by atoms with Crippen molar-refractivity contribution >= 4 is 22.7 Å². The summed E-state index contributed by atoms with van der Waals surface area (Å²) in [5.74, 6) is -0.957. The van der Waals surface area contributed by atoms with E-state index in [1.54, 1.807) is 26.1 Å². The van der Waals surface area contributed by atoms with Crippen LogP contribution in [0.3, 0.4) is 0 Å². The first-order chi connectivity index (χ1) is 12.9. The van der Waals surface area contributed by atoms with Gasteiger partial charge in [0.1, 0.15) is 0 Å². The second-order valence-corrected chi connectivity index (χ2v) is 6.42. The van der Waals surface area contributed by atoms with Gasteiger partial charge in [-0.15, -0.1) is 0 Å². The third kappa shape index (κ3) is 3.30. The van der Waals surface area contributed by atoms with Crippen LogP contribution in [0.5, 0.6) is 5.75 Å². The first-order valence-corrected chi connectivity index (χ1v) is 8.56. The van der Waals surface area contributed by atoms with E-state index < -0.39 is 5.82 Å². The average molecular weight is 368 g/mol. The molecule has 0 bridgehead atoms. The fourth-order valence-electron chi connectivity index (χ4n) is 3.20. The van der Waals surface area contributed by atoms with Crippen molar-refractivity contribution in [3.8, 4) is 5.75 Å². The molecule has 6 heteroatoms. The van der Waals surface area contributed by atoms with Crippen molar-refractivity contribution < 1.29 is 18.7 Å². The lowest BCUT2D eigenvalue weighted by molar-refractivity contribution is -0.119. The molecule has 0 fully saturated rings. The fraction of sp³-hybridized carbons (Fsp3) is 0.238. The number of hydrogen-bond acceptors (Lipinski definition) is 3. The van der Waals surface area contributed by atoms with E-state index in [-0.39, 0.29) is 24.0 Å². The number of ether oxygens (including phenoxy) is 1. The molecule has 0 aliphatic rings. The molecule has 140 valence electrons. The Bertz CT molecular complexity index is 1040. The molecule has 0 aliphatic carbocycles. The maximum Gasteiger partial charge on any atom is 0.262 e. The Labute approximate surface area is 156 Å². The molecule has 5 nitrogen and oxygen atoms in total. The standard InChI is InChI=1S/C21H21FN2O3/c1-12-5-7-14(8-6-12)21(26)24-13(2)15(10-20(25)23-3)16-9-19(27-4)17(22)11-18(16)24/h5-9,11H,10H2,1-4H3,(H,23,25). The van der Waals surface area contributed by atoms with Crippen LogP contribution in [0, 0.1) is 19.7 Å². The van der Waals surface area contributed by atoms with Crippen molar-refractivity contribution in [3.05, 3.63) is 64.6 Å². The van der Waals surface area contributed by atoms with Crippen LogP contribution in [0.4, 0.5) is 4.39 Å². The number of nitrogens with one attached hydrogen (secondary N) is 1. The van der Waals surface area contributed by atoms with E-state index in [2.05, 4.69) is 5.32 Å². The van der Waals surface area contributed by atoms with Crippen LogP contribution in [0.15, 0.2) is 36.4 Å². The number of likely N-dealkylation sites (N-methyl/N-ethyl adjacent to an activating group) is 1. The zero-order chi connectivity index (χ0) is 19.7. The topological polar surface area (TPSA) is 60.3 Å². The number of halogens is 1. The Morgan fingerprint density at radius 1 is 1.15 bits per heavy atom. The summed E-state index contributed by atoms with van der Waals surface area (Å²) in [6.07, 6.45) is 0.0851. The normalized spacial score (nSPS) is 10.9. The minimum absolute atomic E-state index is 0.0700. The summed E-state index contributed by atoms with van der Waals surface area (Å²) < 4.78 is 20.9. The summed E-state index contributed by atoms with van der Waals surface area (Å²) in [4.78, 5) is 25.1. The molecule has 3 rings (SSSR count). The molecule has 0 saturated heterocycles. The molecule has 1 aromatic heterocycles. The molecule has 1 amide bonds. The largest absolute Gasteiger partial charge is 0.494 e. The molecule has 27 heavy (non-hydrogen) atoms. The van der Waals surface area contributed by atoms with E-state index in [0.29, 0.717) is 27.7 Å². The van der Waals surface area contributed by atoms with Gasteiger partial charge in [0.2, 0.25) is 5.91 Å². The Morgan fingerprint density at radius 2 is 1.81 bits per heavy atom. The highest BCUT2D eigenvalue weighted by atomic mass is 19.1. The molecule has 0 atom stereocenters. The molecular weight excluding hydrogens is 347 g/mol. The summed E-state index contributed by atoms with van der Waals surface area (Å²) in [6.45, 7) is 3.70. The second-order valence-electron chi connectivity index (χ2n) is 6.42. The third-order valence-electron chi connectivity index (χ3n) is 4.73. The van der Waals surface area contributed by atoms with Crippen LogP contribution in [0.1, 0.15) is 27.2 Å².